The Morgan fingerprint density at radius 1 is 1.15 bits per heavy atom. The molecule has 0 fully saturated rings. The van der Waals surface area contributed by atoms with Crippen LogP contribution >= 0.6 is 23.2 Å². The molecule has 0 radical (unpaired) electrons. The molecule has 100 valence electrons. The number of benzene rings is 1. The van der Waals surface area contributed by atoms with Gasteiger partial charge in [0.25, 0.3) is 5.91 Å². The SMILES string of the molecule is O=C(Nc1cc(Cl)nc(Cl)n1)c1ccc2cc[nH]c2c1. The fraction of sp³-hybridized carbons (Fsp3) is 0. The lowest BCUT2D eigenvalue weighted by Gasteiger charge is -2.05. The van der Waals surface area contributed by atoms with Gasteiger partial charge in [0.05, 0.1) is 0 Å². The van der Waals surface area contributed by atoms with Crippen molar-refractivity contribution in [3.05, 3.63) is 52.5 Å². The number of hydrogen-bond donors (Lipinski definition) is 2. The third-order valence-corrected chi connectivity index (χ3v) is 3.09. The van der Waals surface area contributed by atoms with Gasteiger partial charge in [-0.2, -0.15) is 0 Å². The smallest absolute Gasteiger partial charge is 0.256 e. The fourth-order valence-electron chi connectivity index (χ4n) is 1.83. The van der Waals surface area contributed by atoms with Crippen LogP contribution in [-0.2, 0) is 0 Å². The number of halogens is 2. The number of rotatable bonds is 2. The Hall–Kier alpha value is -2.11. The van der Waals surface area contributed by atoms with Crippen LogP contribution in [0.25, 0.3) is 10.9 Å². The minimum atomic E-state index is -0.299. The molecule has 2 aromatic heterocycles. The second-order valence-corrected chi connectivity index (χ2v) is 4.80. The third kappa shape index (κ3) is 2.59. The number of carbonyl (C=O) groups is 1. The number of aromatic amines is 1. The van der Waals surface area contributed by atoms with Crippen LogP contribution in [0, 0.1) is 0 Å². The number of amides is 1. The molecule has 0 saturated heterocycles. The van der Waals surface area contributed by atoms with E-state index in [0.29, 0.717) is 5.56 Å². The van der Waals surface area contributed by atoms with Gasteiger partial charge in [-0.05, 0) is 35.2 Å². The number of anilines is 1. The van der Waals surface area contributed by atoms with Crippen molar-refractivity contribution in [2.75, 3.05) is 5.32 Å². The van der Waals surface area contributed by atoms with Crippen molar-refractivity contribution in [1.29, 1.82) is 0 Å². The van der Waals surface area contributed by atoms with Crippen LogP contribution in [0.5, 0.6) is 0 Å². The average molecular weight is 307 g/mol. The molecular formula is C13H8Cl2N4O. The highest BCUT2D eigenvalue weighted by Crippen LogP contribution is 2.17. The summed E-state index contributed by atoms with van der Waals surface area (Å²) < 4.78 is 0. The zero-order valence-electron chi connectivity index (χ0n) is 10.0. The number of H-pyrrole nitrogens is 1. The molecule has 20 heavy (non-hydrogen) atoms. The van der Waals surface area contributed by atoms with Crippen LogP contribution in [0.2, 0.25) is 10.4 Å². The first-order valence-electron chi connectivity index (χ1n) is 5.70. The van der Waals surface area contributed by atoms with Gasteiger partial charge < -0.3 is 10.3 Å². The Labute approximate surface area is 124 Å². The van der Waals surface area contributed by atoms with E-state index in [4.69, 9.17) is 23.2 Å². The number of hydrogen-bond acceptors (Lipinski definition) is 3. The van der Waals surface area contributed by atoms with E-state index in [1.165, 1.54) is 6.07 Å². The number of nitrogens with one attached hydrogen (secondary N) is 2. The van der Waals surface area contributed by atoms with E-state index in [9.17, 15) is 4.79 Å². The molecule has 1 aromatic carbocycles. The molecule has 3 rings (SSSR count). The number of carbonyl (C=O) groups excluding carboxylic acids is 1. The van der Waals surface area contributed by atoms with E-state index in [2.05, 4.69) is 20.3 Å². The molecule has 7 heteroatoms. The molecule has 2 heterocycles. The molecule has 0 bridgehead atoms. The zero-order valence-corrected chi connectivity index (χ0v) is 11.5. The molecule has 1 amide bonds. The van der Waals surface area contributed by atoms with Gasteiger partial charge >= 0.3 is 0 Å². The summed E-state index contributed by atoms with van der Waals surface area (Å²) >= 11 is 11.4. The summed E-state index contributed by atoms with van der Waals surface area (Å²) in [4.78, 5) is 22.8. The van der Waals surface area contributed by atoms with Crippen LogP contribution in [0.3, 0.4) is 0 Å². The lowest BCUT2D eigenvalue weighted by molar-refractivity contribution is 0.102. The lowest BCUT2D eigenvalue weighted by Crippen LogP contribution is -2.13. The number of nitrogens with zero attached hydrogens (tertiary/aromatic N) is 2. The first kappa shape index (κ1) is 12.9. The standard InChI is InChI=1S/C13H8Cl2N4O/c14-10-6-11(19-13(15)17-10)18-12(20)8-2-1-7-3-4-16-9(7)5-8/h1-6,16H,(H,17,18,19,20). The summed E-state index contributed by atoms with van der Waals surface area (Å²) in [6.07, 6.45) is 1.82. The van der Waals surface area contributed by atoms with E-state index in [1.807, 2.05) is 18.3 Å². The average Bonchev–Trinajstić information content (AvgIpc) is 2.84. The summed E-state index contributed by atoms with van der Waals surface area (Å²) in [7, 11) is 0. The van der Waals surface area contributed by atoms with Gasteiger partial charge in [0.15, 0.2) is 0 Å². The van der Waals surface area contributed by atoms with Crippen molar-refractivity contribution in [2.24, 2.45) is 0 Å². The maximum absolute atomic E-state index is 12.1. The molecular weight excluding hydrogens is 299 g/mol. The predicted molar refractivity (Wildman–Crippen MR) is 78.3 cm³/mol. The Morgan fingerprint density at radius 3 is 2.80 bits per heavy atom. The zero-order chi connectivity index (χ0) is 14.1. The van der Waals surface area contributed by atoms with E-state index in [0.717, 1.165) is 10.9 Å². The number of fused-ring (bicyclic) bond motifs is 1. The van der Waals surface area contributed by atoms with Crippen molar-refractivity contribution in [1.82, 2.24) is 15.0 Å². The Kier molecular flexibility index (Phi) is 3.30. The van der Waals surface area contributed by atoms with Crippen molar-refractivity contribution in [3.8, 4) is 0 Å². The van der Waals surface area contributed by atoms with Gasteiger partial charge in [0.2, 0.25) is 5.28 Å². The molecule has 0 aliphatic carbocycles. The normalized spacial score (nSPS) is 10.7. The Balaban J connectivity index is 1.88. The van der Waals surface area contributed by atoms with Crippen LogP contribution in [-0.4, -0.2) is 20.9 Å². The van der Waals surface area contributed by atoms with Crippen molar-refractivity contribution in [3.63, 3.8) is 0 Å². The largest absolute Gasteiger partial charge is 0.361 e. The van der Waals surface area contributed by atoms with Crippen molar-refractivity contribution >= 4 is 45.8 Å². The van der Waals surface area contributed by atoms with Gasteiger partial charge in [0.1, 0.15) is 11.0 Å². The van der Waals surface area contributed by atoms with E-state index in [1.54, 1.807) is 12.1 Å². The van der Waals surface area contributed by atoms with Gasteiger partial charge in [-0.15, -0.1) is 0 Å². The monoisotopic (exact) mass is 306 g/mol. The van der Waals surface area contributed by atoms with Crippen LogP contribution < -0.4 is 5.32 Å². The van der Waals surface area contributed by atoms with E-state index < -0.39 is 0 Å². The highest BCUT2D eigenvalue weighted by molar-refractivity contribution is 6.32. The van der Waals surface area contributed by atoms with E-state index in [-0.39, 0.29) is 22.2 Å². The quantitative estimate of drug-likeness (QED) is 0.562. The van der Waals surface area contributed by atoms with Gasteiger partial charge in [0, 0.05) is 23.3 Å². The van der Waals surface area contributed by atoms with Crippen LogP contribution in [0.1, 0.15) is 10.4 Å². The maximum Gasteiger partial charge on any atom is 0.256 e. The van der Waals surface area contributed by atoms with Crippen molar-refractivity contribution < 1.29 is 4.79 Å². The van der Waals surface area contributed by atoms with Gasteiger partial charge in [-0.3, -0.25) is 4.79 Å². The van der Waals surface area contributed by atoms with Crippen LogP contribution in [0.15, 0.2) is 36.5 Å². The molecule has 5 nitrogen and oxygen atoms in total. The fourth-order valence-corrected chi connectivity index (χ4v) is 2.24. The predicted octanol–water partition coefficient (Wildman–Crippen LogP) is 3.52. The second kappa shape index (κ2) is 5.11. The highest BCUT2D eigenvalue weighted by atomic mass is 35.5. The van der Waals surface area contributed by atoms with Crippen molar-refractivity contribution in [2.45, 2.75) is 0 Å². The molecule has 0 aliphatic rings. The van der Waals surface area contributed by atoms with Crippen LogP contribution in [0.4, 0.5) is 5.82 Å². The minimum Gasteiger partial charge on any atom is -0.361 e. The summed E-state index contributed by atoms with van der Waals surface area (Å²) in [5, 5.41) is 3.81. The Morgan fingerprint density at radius 2 is 2.00 bits per heavy atom. The molecule has 0 atom stereocenters. The third-order valence-electron chi connectivity index (χ3n) is 2.73. The van der Waals surface area contributed by atoms with Gasteiger partial charge in [-0.1, -0.05) is 17.7 Å². The topological polar surface area (TPSA) is 70.7 Å². The molecule has 0 spiro atoms. The summed E-state index contributed by atoms with van der Waals surface area (Å²) in [5.74, 6) is -0.0427. The molecule has 0 saturated carbocycles. The lowest BCUT2D eigenvalue weighted by atomic mass is 10.1. The molecule has 0 aliphatic heterocycles. The molecule has 0 unspecified atom stereocenters. The first-order chi connectivity index (χ1) is 9.61. The minimum absolute atomic E-state index is 0.0207. The summed E-state index contributed by atoms with van der Waals surface area (Å²) in [5.41, 5.74) is 1.39. The molecule has 3 aromatic rings. The van der Waals surface area contributed by atoms with E-state index >= 15 is 0 Å². The van der Waals surface area contributed by atoms with Gasteiger partial charge in [-0.25, -0.2) is 9.97 Å². The summed E-state index contributed by atoms with van der Waals surface area (Å²) in [6.45, 7) is 0. The highest BCUT2D eigenvalue weighted by Gasteiger charge is 2.09. The maximum atomic E-state index is 12.1. The molecule has 2 N–H and O–H groups in total. The summed E-state index contributed by atoms with van der Waals surface area (Å²) in [6, 6.07) is 8.71. The number of aromatic nitrogens is 3. The second-order valence-electron chi connectivity index (χ2n) is 4.08. The Bertz CT molecular complexity index is 780. The first-order valence-corrected chi connectivity index (χ1v) is 6.46.